The number of nitrogens with zero attached hydrogens (tertiary/aromatic N) is 6. The molecular weight excluding hydrogens is 448 g/mol. The monoisotopic (exact) mass is 466 g/mol. The minimum atomic E-state index is -0.133. The van der Waals surface area contributed by atoms with Gasteiger partial charge in [-0.05, 0) is 24.3 Å². The van der Waals surface area contributed by atoms with E-state index in [0.29, 0.717) is 34.3 Å². The molecule has 0 bridgehead atoms. The molecule has 4 aromatic carbocycles. The number of aromatic nitrogens is 6. The molecule has 7 nitrogen and oxygen atoms in total. The molecule has 0 atom stereocenters. The van der Waals surface area contributed by atoms with E-state index in [9.17, 15) is 4.79 Å². The van der Waals surface area contributed by atoms with Crippen LogP contribution >= 0.6 is 0 Å². The van der Waals surface area contributed by atoms with Gasteiger partial charge in [-0.1, -0.05) is 84.9 Å². The molecule has 0 saturated carbocycles. The first-order chi connectivity index (χ1) is 17.8. The van der Waals surface area contributed by atoms with Crippen LogP contribution in [0.4, 0.5) is 0 Å². The fraction of sp³-hybridized carbons (Fsp3) is 0. The minimum Gasteiger partial charge on any atom is -0.268 e. The molecule has 7 heteroatoms. The lowest BCUT2D eigenvalue weighted by molar-refractivity contribution is 0.910. The zero-order chi connectivity index (χ0) is 24.1. The van der Waals surface area contributed by atoms with Crippen LogP contribution in [0.15, 0.2) is 114 Å². The van der Waals surface area contributed by atoms with E-state index in [1.807, 2.05) is 114 Å². The van der Waals surface area contributed by atoms with Crippen LogP contribution in [0.5, 0.6) is 0 Å². The normalized spacial score (nSPS) is 11.4. The number of hydrogen-bond acceptors (Lipinski definition) is 5. The molecule has 0 amide bonds. The van der Waals surface area contributed by atoms with Crippen molar-refractivity contribution in [1.82, 2.24) is 28.9 Å². The van der Waals surface area contributed by atoms with Crippen molar-refractivity contribution in [2.24, 2.45) is 0 Å². The highest BCUT2D eigenvalue weighted by atomic mass is 16.1. The Labute approximate surface area is 205 Å². The van der Waals surface area contributed by atoms with Gasteiger partial charge in [0, 0.05) is 11.1 Å². The molecule has 0 fully saturated rings. The Morgan fingerprint density at radius 1 is 0.528 bits per heavy atom. The molecule has 0 spiro atoms. The van der Waals surface area contributed by atoms with Gasteiger partial charge in [-0.25, -0.2) is 18.9 Å². The lowest BCUT2D eigenvalue weighted by atomic mass is 10.2. The summed E-state index contributed by atoms with van der Waals surface area (Å²) in [5, 5.41) is 0.552. The molecule has 0 aliphatic heterocycles. The Balaban J connectivity index is 1.64. The van der Waals surface area contributed by atoms with E-state index >= 15 is 0 Å². The van der Waals surface area contributed by atoms with Crippen molar-refractivity contribution in [2.75, 3.05) is 0 Å². The molecule has 0 saturated heterocycles. The molecule has 170 valence electrons. The van der Waals surface area contributed by atoms with E-state index in [4.69, 9.17) is 19.9 Å². The summed E-state index contributed by atoms with van der Waals surface area (Å²) in [6.07, 6.45) is 0. The second-order valence-corrected chi connectivity index (χ2v) is 8.41. The average Bonchev–Trinajstić information content (AvgIpc) is 3.33. The standard InChI is InChI=1S/C29H18N6O/c36-27-21-15-7-9-17-23(21)35(29-30-22-16-8-10-18-24(22)34(27)29)28-32-25(19-11-3-1-4-12-19)31-26(33-28)20-13-5-2-6-14-20/h1-18H. The van der Waals surface area contributed by atoms with Crippen LogP contribution in [0.25, 0.3) is 56.4 Å². The number of fused-ring (bicyclic) bond motifs is 4. The Morgan fingerprint density at radius 3 is 1.75 bits per heavy atom. The Morgan fingerprint density at radius 2 is 1.08 bits per heavy atom. The molecule has 0 aliphatic rings. The van der Waals surface area contributed by atoms with Crippen molar-refractivity contribution in [3.8, 4) is 28.7 Å². The molecular formula is C29H18N6O. The second kappa shape index (κ2) is 7.95. The molecule has 3 aromatic heterocycles. The Hall–Kier alpha value is -5.17. The van der Waals surface area contributed by atoms with Crippen LogP contribution in [0.3, 0.4) is 0 Å². The summed E-state index contributed by atoms with van der Waals surface area (Å²) in [5.41, 5.74) is 3.74. The van der Waals surface area contributed by atoms with Crippen molar-refractivity contribution in [2.45, 2.75) is 0 Å². The van der Waals surface area contributed by atoms with Crippen molar-refractivity contribution in [3.05, 3.63) is 120 Å². The summed E-state index contributed by atoms with van der Waals surface area (Å²) in [6, 6.07) is 34.7. The quantitative estimate of drug-likeness (QED) is 0.353. The zero-order valence-corrected chi connectivity index (χ0v) is 19.0. The third-order valence-electron chi connectivity index (χ3n) is 6.21. The van der Waals surface area contributed by atoms with E-state index < -0.39 is 0 Å². The minimum absolute atomic E-state index is 0.133. The highest BCUT2D eigenvalue weighted by molar-refractivity contribution is 5.87. The third-order valence-corrected chi connectivity index (χ3v) is 6.21. The smallest absolute Gasteiger partial charge is 0.267 e. The van der Waals surface area contributed by atoms with Gasteiger partial charge in [-0.15, -0.1) is 0 Å². The van der Waals surface area contributed by atoms with Crippen LogP contribution in [-0.2, 0) is 0 Å². The van der Waals surface area contributed by atoms with Crippen molar-refractivity contribution in [1.29, 1.82) is 0 Å². The maximum atomic E-state index is 13.6. The van der Waals surface area contributed by atoms with Gasteiger partial charge >= 0.3 is 0 Å². The highest BCUT2D eigenvalue weighted by Crippen LogP contribution is 2.25. The van der Waals surface area contributed by atoms with E-state index in [1.165, 1.54) is 0 Å². The first-order valence-electron chi connectivity index (χ1n) is 11.6. The predicted octanol–water partition coefficient (Wildman–Crippen LogP) is 5.31. The zero-order valence-electron chi connectivity index (χ0n) is 19.0. The lowest BCUT2D eigenvalue weighted by Crippen LogP contribution is -2.20. The van der Waals surface area contributed by atoms with Crippen LogP contribution in [0.2, 0.25) is 0 Å². The maximum Gasteiger partial charge on any atom is 0.267 e. The van der Waals surface area contributed by atoms with Gasteiger partial charge in [0.25, 0.3) is 5.56 Å². The predicted molar refractivity (Wildman–Crippen MR) is 140 cm³/mol. The molecule has 0 N–H and O–H groups in total. The lowest BCUT2D eigenvalue weighted by Gasteiger charge is -2.13. The molecule has 0 unspecified atom stereocenters. The number of hydrogen-bond donors (Lipinski definition) is 0. The Kier molecular flexibility index (Phi) is 4.47. The van der Waals surface area contributed by atoms with E-state index in [-0.39, 0.29) is 5.56 Å². The summed E-state index contributed by atoms with van der Waals surface area (Å²) >= 11 is 0. The first-order valence-corrected chi connectivity index (χ1v) is 11.6. The van der Waals surface area contributed by atoms with Crippen molar-refractivity contribution >= 4 is 27.7 Å². The average molecular weight is 467 g/mol. The second-order valence-electron chi connectivity index (χ2n) is 8.41. The van der Waals surface area contributed by atoms with Gasteiger partial charge in [0.15, 0.2) is 11.6 Å². The molecule has 0 radical (unpaired) electrons. The topological polar surface area (TPSA) is 78.0 Å². The first kappa shape index (κ1) is 20.2. The maximum absolute atomic E-state index is 13.6. The third kappa shape index (κ3) is 3.10. The van der Waals surface area contributed by atoms with Crippen LogP contribution in [0, 0.1) is 0 Å². The van der Waals surface area contributed by atoms with Gasteiger partial charge in [-0.3, -0.25) is 4.79 Å². The van der Waals surface area contributed by atoms with Gasteiger partial charge in [0.2, 0.25) is 11.7 Å². The van der Waals surface area contributed by atoms with Crippen LogP contribution < -0.4 is 5.56 Å². The fourth-order valence-electron chi connectivity index (χ4n) is 4.54. The van der Waals surface area contributed by atoms with Crippen LogP contribution in [0.1, 0.15) is 0 Å². The molecule has 36 heavy (non-hydrogen) atoms. The Bertz CT molecular complexity index is 1900. The summed E-state index contributed by atoms with van der Waals surface area (Å²) < 4.78 is 3.48. The molecule has 0 aliphatic carbocycles. The van der Waals surface area contributed by atoms with E-state index in [1.54, 1.807) is 4.40 Å². The van der Waals surface area contributed by atoms with Gasteiger partial charge in [-0.2, -0.15) is 9.97 Å². The number of para-hydroxylation sites is 3. The van der Waals surface area contributed by atoms with Crippen LogP contribution in [-0.4, -0.2) is 28.9 Å². The summed E-state index contributed by atoms with van der Waals surface area (Å²) in [5.74, 6) is 1.91. The van der Waals surface area contributed by atoms with E-state index in [2.05, 4.69) is 0 Å². The fourth-order valence-corrected chi connectivity index (χ4v) is 4.54. The highest BCUT2D eigenvalue weighted by Gasteiger charge is 2.20. The van der Waals surface area contributed by atoms with Crippen molar-refractivity contribution < 1.29 is 0 Å². The number of rotatable bonds is 3. The van der Waals surface area contributed by atoms with Gasteiger partial charge < -0.3 is 0 Å². The number of imidazole rings is 1. The number of benzene rings is 4. The largest absolute Gasteiger partial charge is 0.268 e. The molecule has 7 rings (SSSR count). The summed E-state index contributed by atoms with van der Waals surface area (Å²) in [6.45, 7) is 0. The molecule has 3 heterocycles. The SMILES string of the molecule is O=c1c2ccccc2n(-c2nc(-c3ccccc3)nc(-c3ccccc3)n2)c2nc3ccccc3n12. The summed E-state index contributed by atoms with van der Waals surface area (Å²) in [4.78, 5) is 33.0. The molecule has 7 aromatic rings. The van der Waals surface area contributed by atoms with Crippen molar-refractivity contribution in [3.63, 3.8) is 0 Å². The van der Waals surface area contributed by atoms with E-state index in [0.717, 1.165) is 22.2 Å². The summed E-state index contributed by atoms with van der Waals surface area (Å²) in [7, 11) is 0. The van der Waals surface area contributed by atoms with Gasteiger partial charge in [0.05, 0.1) is 21.9 Å². The van der Waals surface area contributed by atoms with Gasteiger partial charge in [0.1, 0.15) is 0 Å².